The molecule has 1 amide bonds. The number of carbonyl (C=O) groups is 1. The molecule has 1 aromatic carbocycles. The summed E-state index contributed by atoms with van der Waals surface area (Å²) >= 11 is 0. The van der Waals surface area contributed by atoms with Gasteiger partial charge in [0.25, 0.3) is 0 Å². The van der Waals surface area contributed by atoms with Crippen LogP contribution in [0.5, 0.6) is 0 Å². The lowest BCUT2D eigenvalue weighted by Gasteiger charge is -2.26. The minimum absolute atomic E-state index is 0.228. The predicted octanol–water partition coefficient (Wildman–Crippen LogP) is 2.42. The van der Waals surface area contributed by atoms with Crippen molar-refractivity contribution in [1.82, 2.24) is 19.8 Å². The average molecular weight is 367 g/mol. The second-order valence-electron chi connectivity index (χ2n) is 7.38. The van der Waals surface area contributed by atoms with Gasteiger partial charge in [0.05, 0.1) is 13.0 Å². The predicted molar refractivity (Wildman–Crippen MR) is 107 cm³/mol. The van der Waals surface area contributed by atoms with Gasteiger partial charge >= 0.3 is 0 Å². The van der Waals surface area contributed by atoms with E-state index in [1.807, 2.05) is 23.1 Å². The van der Waals surface area contributed by atoms with E-state index >= 15 is 0 Å². The van der Waals surface area contributed by atoms with Gasteiger partial charge in [-0.2, -0.15) is 0 Å². The van der Waals surface area contributed by atoms with E-state index in [9.17, 15) is 4.79 Å². The van der Waals surface area contributed by atoms with E-state index in [1.54, 1.807) is 12.3 Å². The average Bonchev–Trinajstić information content (AvgIpc) is 2.90. The Hall–Kier alpha value is -2.47. The number of anilines is 1. The third-order valence-electron chi connectivity index (χ3n) is 5.39. The van der Waals surface area contributed by atoms with Crippen LogP contribution in [-0.4, -0.2) is 51.9 Å². The van der Waals surface area contributed by atoms with E-state index in [0.717, 1.165) is 43.7 Å². The summed E-state index contributed by atoms with van der Waals surface area (Å²) in [6.07, 6.45) is 5.26. The highest BCUT2D eigenvalue weighted by atomic mass is 16.2. The Morgan fingerprint density at radius 2 is 2.07 bits per heavy atom. The number of aryl methyl sites for hydroxylation is 1. The highest BCUT2D eigenvalue weighted by Gasteiger charge is 2.23. The molecule has 0 radical (unpaired) electrons. The van der Waals surface area contributed by atoms with Crippen LogP contribution in [0, 0.1) is 6.92 Å². The monoisotopic (exact) mass is 367 g/mol. The van der Waals surface area contributed by atoms with Crippen molar-refractivity contribution in [3.63, 3.8) is 0 Å². The maximum Gasteiger partial charge on any atom is 0.227 e. The van der Waals surface area contributed by atoms with Crippen LogP contribution in [0.4, 0.5) is 5.82 Å². The molecule has 0 bridgehead atoms. The molecule has 144 valence electrons. The van der Waals surface area contributed by atoms with Crippen molar-refractivity contribution in [2.45, 2.75) is 45.2 Å². The van der Waals surface area contributed by atoms with Gasteiger partial charge in [0, 0.05) is 25.3 Å². The van der Waals surface area contributed by atoms with Crippen molar-refractivity contribution >= 4 is 11.7 Å². The standard InChI is InChI=1S/C21H29N5O/c1-16-6-3-4-7-17(16)14-21(27)26-12-5-8-18(10-13-26)25(2)15-20-23-11-9-19(22)24-20/h3-4,6-7,9,11,18H,5,8,10,12-15H2,1-2H3,(H2,22,23,24)/t18-/m0/s1. The molecule has 1 aromatic heterocycles. The highest BCUT2D eigenvalue weighted by Crippen LogP contribution is 2.19. The minimum atomic E-state index is 0.228. The fourth-order valence-electron chi connectivity index (χ4n) is 3.70. The molecule has 1 aliphatic rings. The molecule has 0 saturated carbocycles. The number of likely N-dealkylation sites (tertiary alicyclic amines) is 1. The fourth-order valence-corrected chi connectivity index (χ4v) is 3.70. The number of hydrogen-bond acceptors (Lipinski definition) is 5. The topological polar surface area (TPSA) is 75.4 Å². The number of nitrogens with zero attached hydrogens (tertiary/aromatic N) is 4. The first-order valence-electron chi connectivity index (χ1n) is 9.63. The van der Waals surface area contributed by atoms with Crippen molar-refractivity contribution in [3.05, 3.63) is 53.5 Å². The van der Waals surface area contributed by atoms with Gasteiger partial charge in [0.2, 0.25) is 5.91 Å². The molecule has 2 aromatic rings. The lowest BCUT2D eigenvalue weighted by atomic mass is 10.1. The van der Waals surface area contributed by atoms with Gasteiger partial charge < -0.3 is 10.6 Å². The van der Waals surface area contributed by atoms with Crippen LogP contribution in [-0.2, 0) is 17.8 Å². The Labute approximate surface area is 161 Å². The van der Waals surface area contributed by atoms with Crippen molar-refractivity contribution in [2.75, 3.05) is 25.9 Å². The molecule has 27 heavy (non-hydrogen) atoms. The van der Waals surface area contributed by atoms with Gasteiger partial charge in [0.15, 0.2) is 0 Å². The number of benzene rings is 1. The largest absolute Gasteiger partial charge is 0.384 e. The Morgan fingerprint density at radius 3 is 2.85 bits per heavy atom. The van der Waals surface area contributed by atoms with Gasteiger partial charge in [-0.15, -0.1) is 0 Å². The zero-order valence-electron chi connectivity index (χ0n) is 16.3. The molecule has 0 unspecified atom stereocenters. The van der Waals surface area contributed by atoms with Crippen LogP contribution < -0.4 is 5.73 Å². The summed E-state index contributed by atoms with van der Waals surface area (Å²) in [5.41, 5.74) is 8.05. The molecule has 0 aliphatic carbocycles. The zero-order valence-corrected chi connectivity index (χ0v) is 16.3. The van der Waals surface area contributed by atoms with E-state index in [2.05, 4.69) is 34.9 Å². The Bertz CT molecular complexity index is 779. The fraction of sp³-hybridized carbons (Fsp3) is 0.476. The summed E-state index contributed by atoms with van der Waals surface area (Å²) in [7, 11) is 2.10. The van der Waals surface area contributed by atoms with Crippen molar-refractivity contribution in [1.29, 1.82) is 0 Å². The highest BCUT2D eigenvalue weighted by molar-refractivity contribution is 5.79. The third kappa shape index (κ3) is 5.26. The Balaban J connectivity index is 1.55. The summed E-state index contributed by atoms with van der Waals surface area (Å²) in [4.78, 5) is 25.7. The molecule has 3 rings (SSSR count). The minimum Gasteiger partial charge on any atom is -0.384 e. The maximum absolute atomic E-state index is 12.8. The lowest BCUT2D eigenvalue weighted by Crippen LogP contribution is -2.35. The number of nitrogen functional groups attached to an aromatic ring is 1. The van der Waals surface area contributed by atoms with Crippen LogP contribution in [0.1, 0.15) is 36.2 Å². The number of aromatic nitrogens is 2. The maximum atomic E-state index is 12.8. The van der Waals surface area contributed by atoms with Crippen LogP contribution in [0.15, 0.2) is 36.5 Å². The van der Waals surface area contributed by atoms with Crippen LogP contribution in [0.25, 0.3) is 0 Å². The summed E-state index contributed by atoms with van der Waals surface area (Å²) < 4.78 is 0. The van der Waals surface area contributed by atoms with Crippen LogP contribution >= 0.6 is 0 Å². The smallest absolute Gasteiger partial charge is 0.227 e. The first kappa shape index (κ1) is 19.3. The summed E-state index contributed by atoms with van der Waals surface area (Å²) in [5, 5.41) is 0. The normalized spacial score (nSPS) is 17.7. The number of rotatable bonds is 5. The van der Waals surface area contributed by atoms with E-state index in [-0.39, 0.29) is 5.91 Å². The first-order valence-corrected chi connectivity index (χ1v) is 9.63. The quantitative estimate of drug-likeness (QED) is 0.878. The molecule has 1 aliphatic heterocycles. The number of carbonyl (C=O) groups excluding carboxylic acids is 1. The van der Waals surface area contributed by atoms with Crippen molar-refractivity contribution < 1.29 is 4.79 Å². The summed E-state index contributed by atoms with van der Waals surface area (Å²) in [5.74, 6) is 1.48. The molecule has 2 N–H and O–H groups in total. The van der Waals surface area contributed by atoms with Crippen molar-refractivity contribution in [2.24, 2.45) is 0 Å². The molecule has 1 atom stereocenters. The Morgan fingerprint density at radius 1 is 1.26 bits per heavy atom. The molecular formula is C21H29N5O. The van der Waals surface area contributed by atoms with Gasteiger partial charge in [-0.25, -0.2) is 9.97 Å². The molecule has 6 heteroatoms. The summed E-state index contributed by atoms with van der Waals surface area (Å²) in [6.45, 7) is 4.38. The molecule has 1 fully saturated rings. The van der Waals surface area contributed by atoms with Gasteiger partial charge in [-0.05, 0) is 50.4 Å². The van der Waals surface area contributed by atoms with Gasteiger partial charge in [-0.3, -0.25) is 9.69 Å². The first-order chi connectivity index (χ1) is 13.0. The van der Waals surface area contributed by atoms with E-state index < -0.39 is 0 Å². The second-order valence-corrected chi connectivity index (χ2v) is 7.38. The third-order valence-corrected chi connectivity index (χ3v) is 5.39. The van der Waals surface area contributed by atoms with Crippen molar-refractivity contribution in [3.8, 4) is 0 Å². The van der Waals surface area contributed by atoms with E-state index in [1.165, 1.54) is 5.56 Å². The Kier molecular flexibility index (Phi) is 6.40. The molecule has 6 nitrogen and oxygen atoms in total. The second kappa shape index (κ2) is 8.95. The van der Waals surface area contributed by atoms with E-state index in [0.29, 0.717) is 24.8 Å². The molecular weight excluding hydrogens is 338 g/mol. The zero-order chi connectivity index (χ0) is 19.2. The van der Waals surface area contributed by atoms with Crippen LogP contribution in [0.2, 0.25) is 0 Å². The number of nitrogens with two attached hydrogens (primary N) is 1. The van der Waals surface area contributed by atoms with Gasteiger partial charge in [-0.1, -0.05) is 24.3 Å². The van der Waals surface area contributed by atoms with Crippen LogP contribution in [0.3, 0.4) is 0 Å². The number of hydrogen-bond donors (Lipinski definition) is 1. The summed E-state index contributed by atoms with van der Waals surface area (Å²) in [6, 6.07) is 10.3. The number of amides is 1. The van der Waals surface area contributed by atoms with Gasteiger partial charge in [0.1, 0.15) is 11.6 Å². The molecule has 0 spiro atoms. The lowest BCUT2D eigenvalue weighted by molar-refractivity contribution is -0.130. The molecule has 1 saturated heterocycles. The van der Waals surface area contributed by atoms with E-state index in [4.69, 9.17) is 5.73 Å². The molecule has 2 heterocycles. The SMILES string of the molecule is Cc1ccccc1CC(=O)N1CCC[C@H](N(C)Cc2nccc(N)n2)CC1.